The van der Waals surface area contributed by atoms with Gasteiger partial charge in [0.05, 0.1) is 5.69 Å². The number of aromatic amines is 1. The Balaban J connectivity index is 1.73. The fourth-order valence-electron chi connectivity index (χ4n) is 2.15. The van der Waals surface area contributed by atoms with Gasteiger partial charge in [-0.05, 0) is 29.4 Å². The van der Waals surface area contributed by atoms with Gasteiger partial charge in [0.25, 0.3) is 0 Å². The minimum Gasteiger partial charge on any atom is -0.263 e. The monoisotopic (exact) mass is 299 g/mol. The molecule has 0 atom stereocenters. The van der Waals surface area contributed by atoms with Gasteiger partial charge in [-0.25, -0.2) is 4.98 Å². The van der Waals surface area contributed by atoms with Crippen molar-refractivity contribution < 1.29 is 0 Å². The van der Waals surface area contributed by atoms with E-state index in [4.69, 9.17) is 0 Å². The van der Waals surface area contributed by atoms with Gasteiger partial charge in [-0.15, -0.1) is 5.10 Å². The van der Waals surface area contributed by atoms with Crippen LogP contribution in [0.3, 0.4) is 0 Å². The lowest BCUT2D eigenvalue weighted by atomic mass is 10.1. The first-order chi connectivity index (χ1) is 10.2. The normalized spacial score (nSPS) is 11.2. The quantitative estimate of drug-likeness (QED) is 0.785. The van der Waals surface area contributed by atoms with Crippen molar-refractivity contribution in [3.05, 3.63) is 47.4 Å². The maximum atomic E-state index is 4.57. The average Bonchev–Trinajstić information content (AvgIpc) is 3.15. The first kappa shape index (κ1) is 13.9. The largest absolute Gasteiger partial charge is 0.263 e. The van der Waals surface area contributed by atoms with Gasteiger partial charge in [-0.2, -0.15) is 5.10 Å². The number of rotatable bonds is 5. The standard InChI is InChI=1S/C15H17N5S/c1-10(2)13-14(21-20-18-13)15-16-12(17-19-15)9-8-11-6-4-3-5-7-11/h3-7,10H,8-9H2,1-2H3,(H,16,17,19). The van der Waals surface area contributed by atoms with E-state index in [1.54, 1.807) is 0 Å². The van der Waals surface area contributed by atoms with Crippen molar-refractivity contribution in [2.75, 3.05) is 0 Å². The Morgan fingerprint density at radius 1 is 1.14 bits per heavy atom. The number of nitrogens with one attached hydrogen (secondary N) is 1. The Hall–Kier alpha value is -2.08. The van der Waals surface area contributed by atoms with Crippen LogP contribution in [0, 0.1) is 0 Å². The second-order valence-electron chi connectivity index (χ2n) is 5.23. The van der Waals surface area contributed by atoms with Crippen molar-refractivity contribution in [3.63, 3.8) is 0 Å². The van der Waals surface area contributed by atoms with Gasteiger partial charge in [-0.3, -0.25) is 5.10 Å². The Bertz CT molecular complexity index is 702. The molecular weight excluding hydrogens is 282 g/mol. The minimum atomic E-state index is 0.324. The lowest BCUT2D eigenvalue weighted by Gasteiger charge is -1.99. The molecule has 0 radical (unpaired) electrons. The summed E-state index contributed by atoms with van der Waals surface area (Å²) >= 11 is 1.35. The summed E-state index contributed by atoms with van der Waals surface area (Å²) in [6, 6.07) is 10.4. The molecule has 5 nitrogen and oxygen atoms in total. The topological polar surface area (TPSA) is 67.3 Å². The Labute approximate surface area is 127 Å². The van der Waals surface area contributed by atoms with Gasteiger partial charge in [0.2, 0.25) is 0 Å². The van der Waals surface area contributed by atoms with Crippen molar-refractivity contribution in [2.45, 2.75) is 32.6 Å². The Morgan fingerprint density at radius 3 is 2.71 bits per heavy atom. The molecule has 0 saturated heterocycles. The molecule has 3 aromatic rings. The van der Waals surface area contributed by atoms with E-state index in [9.17, 15) is 0 Å². The highest BCUT2D eigenvalue weighted by Crippen LogP contribution is 2.27. The summed E-state index contributed by atoms with van der Waals surface area (Å²) in [5.41, 5.74) is 2.27. The van der Waals surface area contributed by atoms with Crippen LogP contribution in [0.2, 0.25) is 0 Å². The zero-order chi connectivity index (χ0) is 14.7. The van der Waals surface area contributed by atoms with Gasteiger partial charge in [0.1, 0.15) is 10.7 Å². The number of hydrogen-bond donors (Lipinski definition) is 1. The van der Waals surface area contributed by atoms with Crippen LogP contribution in [-0.4, -0.2) is 24.8 Å². The van der Waals surface area contributed by atoms with E-state index in [0.29, 0.717) is 11.7 Å². The number of aryl methyl sites for hydroxylation is 2. The van der Waals surface area contributed by atoms with Crippen LogP contribution in [0.15, 0.2) is 30.3 Å². The summed E-state index contributed by atoms with van der Waals surface area (Å²) in [5.74, 6) is 1.93. The number of H-pyrrole nitrogens is 1. The van der Waals surface area contributed by atoms with E-state index >= 15 is 0 Å². The second kappa shape index (κ2) is 6.13. The first-order valence-electron chi connectivity index (χ1n) is 7.02. The van der Waals surface area contributed by atoms with Crippen LogP contribution in [0.5, 0.6) is 0 Å². The van der Waals surface area contributed by atoms with Crippen molar-refractivity contribution in [1.29, 1.82) is 0 Å². The van der Waals surface area contributed by atoms with Gasteiger partial charge in [0, 0.05) is 6.42 Å². The molecule has 0 aliphatic rings. The SMILES string of the molecule is CC(C)c1nnsc1-c1n[nH]c(CCc2ccccc2)n1. The molecule has 2 aromatic heterocycles. The van der Waals surface area contributed by atoms with Crippen molar-refractivity contribution in [1.82, 2.24) is 24.8 Å². The summed E-state index contributed by atoms with van der Waals surface area (Å²) in [4.78, 5) is 5.54. The summed E-state index contributed by atoms with van der Waals surface area (Å²) in [7, 11) is 0. The molecule has 0 aliphatic heterocycles. The second-order valence-corrected chi connectivity index (χ2v) is 5.99. The first-order valence-corrected chi connectivity index (χ1v) is 7.79. The molecule has 108 valence electrons. The third kappa shape index (κ3) is 3.16. The zero-order valence-corrected chi connectivity index (χ0v) is 12.9. The third-order valence-corrected chi connectivity index (χ3v) is 4.03. The maximum absolute atomic E-state index is 4.57. The van der Waals surface area contributed by atoms with Crippen molar-refractivity contribution in [3.8, 4) is 10.7 Å². The van der Waals surface area contributed by atoms with Gasteiger partial charge >= 0.3 is 0 Å². The molecule has 21 heavy (non-hydrogen) atoms. The summed E-state index contributed by atoms with van der Waals surface area (Å²) < 4.78 is 4.02. The Kier molecular flexibility index (Phi) is 4.06. The highest BCUT2D eigenvalue weighted by Gasteiger charge is 2.17. The number of hydrogen-bond acceptors (Lipinski definition) is 5. The lowest BCUT2D eigenvalue weighted by Crippen LogP contribution is -1.94. The highest BCUT2D eigenvalue weighted by atomic mass is 32.1. The third-order valence-electron chi connectivity index (χ3n) is 3.29. The smallest absolute Gasteiger partial charge is 0.194 e. The van der Waals surface area contributed by atoms with Crippen molar-refractivity contribution >= 4 is 11.5 Å². The molecule has 1 aromatic carbocycles. The summed E-state index contributed by atoms with van der Waals surface area (Å²) in [6.45, 7) is 4.20. The molecule has 0 fully saturated rings. The molecule has 0 saturated carbocycles. The van der Waals surface area contributed by atoms with E-state index in [1.165, 1.54) is 17.1 Å². The Morgan fingerprint density at radius 2 is 1.95 bits per heavy atom. The molecule has 6 heteroatoms. The van der Waals surface area contributed by atoms with Crippen LogP contribution in [0.4, 0.5) is 0 Å². The molecule has 0 aliphatic carbocycles. The van der Waals surface area contributed by atoms with Gasteiger partial charge in [0.15, 0.2) is 5.82 Å². The van der Waals surface area contributed by atoms with E-state index in [0.717, 1.165) is 29.2 Å². The van der Waals surface area contributed by atoms with Crippen molar-refractivity contribution in [2.24, 2.45) is 0 Å². The van der Waals surface area contributed by atoms with Gasteiger partial charge in [-0.1, -0.05) is 48.7 Å². The van der Waals surface area contributed by atoms with E-state index in [1.807, 2.05) is 6.07 Å². The average molecular weight is 299 g/mol. The number of nitrogens with zero attached hydrogens (tertiary/aromatic N) is 4. The molecule has 0 spiro atoms. The maximum Gasteiger partial charge on any atom is 0.194 e. The highest BCUT2D eigenvalue weighted by molar-refractivity contribution is 7.09. The van der Waals surface area contributed by atoms with E-state index in [2.05, 4.69) is 62.9 Å². The molecule has 0 amide bonds. The number of aromatic nitrogens is 5. The minimum absolute atomic E-state index is 0.324. The van der Waals surface area contributed by atoms with Crippen LogP contribution in [-0.2, 0) is 12.8 Å². The molecule has 3 rings (SSSR count). The fraction of sp³-hybridized carbons (Fsp3) is 0.333. The zero-order valence-electron chi connectivity index (χ0n) is 12.1. The van der Waals surface area contributed by atoms with Gasteiger partial charge < -0.3 is 0 Å². The predicted octanol–water partition coefficient (Wildman–Crippen LogP) is 3.23. The number of benzene rings is 1. The van der Waals surface area contributed by atoms with Crippen LogP contribution in [0.25, 0.3) is 10.7 Å². The molecule has 2 heterocycles. The van der Waals surface area contributed by atoms with E-state index in [-0.39, 0.29) is 0 Å². The molecule has 0 bridgehead atoms. The van der Waals surface area contributed by atoms with Crippen LogP contribution in [0.1, 0.15) is 36.8 Å². The fourth-order valence-corrected chi connectivity index (χ4v) is 2.90. The molecule has 1 N–H and O–H groups in total. The van der Waals surface area contributed by atoms with Crippen LogP contribution >= 0.6 is 11.5 Å². The predicted molar refractivity (Wildman–Crippen MR) is 83.2 cm³/mol. The summed E-state index contributed by atoms with van der Waals surface area (Å²) in [6.07, 6.45) is 1.80. The molecule has 0 unspecified atom stereocenters. The van der Waals surface area contributed by atoms with E-state index < -0.39 is 0 Å². The summed E-state index contributed by atoms with van der Waals surface area (Å²) in [5, 5.41) is 11.5. The van der Waals surface area contributed by atoms with Crippen LogP contribution < -0.4 is 0 Å². The molecular formula is C15H17N5S. The lowest BCUT2D eigenvalue weighted by molar-refractivity contribution is 0.812.